The van der Waals surface area contributed by atoms with Gasteiger partial charge in [-0.25, -0.2) is 9.78 Å². The SMILES string of the molecule is CCCCOC(=O)c1cc2ccc(Oc3cccc(OC(F)(F)F)c3)cc2cn1. The van der Waals surface area contributed by atoms with Gasteiger partial charge in [-0.2, -0.15) is 0 Å². The Hall–Kier alpha value is -3.29. The topological polar surface area (TPSA) is 57.7 Å². The van der Waals surface area contributed by atoms with Crippen LogP contribution in [0.2, 0.25) is 0 Å². The first kappa shape index (κ1) is 20.4. The molecule has 1 heterocycles. The molecule has 0 radical (unpaired) electrons. The van der Waals surface area contributed by atoms with Crippen molar-refractivity contribution < 1.29 is 32.2 Å². The standard InChI is InChI=1S/C21H18F3NO4/c1-2-3-9-27-20(26)19-11-14-7-8-17(10-15(14)13-25-19)28-16-5-4-6-18(12-16)29-21(22,23)24/h4-8,10-13H,2-3,9H2,1H3. The Morgan fingerprint density at radius 3 is 2.52 bits per heavy atom. The molecule has 1 aromatic heterocycles. The lowest BCUT2D eigenvalue weighted by Gasteiger charge is -2.11. The summed E-state index contributed by atoms with van der Waals surface area (Å²) in [6, 6.07) is 11.9. The zero-order valence-electron chi connectivity index (χ0n) is 15.5. The van der Waals surface area contributed by atoms with Crippen LogP contribution in [0.3, 0.4) is 0 Å². The molecule has 0 amide bonds. The van der Waals surface area contributed by atoms with E-state index in [1.54, 1.807) is 24.3 Å². The molecule has 0 atom stereocenters. The average Bonchev–Trinajstić information content (AvgIpc) is 2.66. The van der Waals surface area contributed by atoms with Gasteiger partial charge in [-0.1, -0.05) is 25.5 Å². The summed E-state index contributed by atoms with van der Waals surface area (Å²) in [5.74, 6) is -0.261. The van der Waals surface area contributed by atoms with Crippen molar-refractivity contribution in [2.75, 3.05) is 6.61 Å². The van der Waals surface area contributed by atoms with Gasteiger partial charge in [0.1, 0.15) is 22.9 Å². The highest BCUT2D eigenvalue weighted by Crippen LogP contribution is 2.30. The molecule has 5 nitrogen and oxygen atoms in total. The van der Waals surface area contributed by atoms with Gasteiger partial charge in [-0.05, 0) is 42.1 Å². The van der Waals surface area contributed by atoms with E-state index in [9.17, 15) is 18.0 Å². The van der Waals surface area contributed by atoms with Crippen molar-refractivity contribution in [1.29, 1.82) is 0 Å². The Balaban J connectivity index is 1.74. The molecule has 152 valence electrons. The smallest absolute Gasteiger partial charge is 0.461 e. The molecule has 8 heteroatoms. The first-order chi connectivity index (χ1) is 13.8. The largest absolute Gasteiger partial charge is 0.573 e. The van der Waals surface area contributed by atoms with Crippen LogP contribution in [0.25, 0.3) is 10.8 Å². The normalized spacial score (nSPS) is 11.3. The van der Waals surface area contributed by atoms with E-state index in [0.717, 1.165) is 24.3 Å². The van der Waals surface area contributed by atoms with Gasteiger partial charge in [0.05, 0.1) is 6.61 Å². The van der Waals surface area contributed by atoms with Crippen molar-refractivity contribution >= 4 is 16.7 Å². The second kappa shape index (κ2) is 8.81. The molecule has 0 aliphatic rings. The molecule has 0 saturated heterocycles. The Kier molecular flexibility index (Phi) is 6.21. The van der Waals surface area contributed by atoms with Crippen molar-refractivity contribution in [1.82, 2.24) is 4.98 Å². The molecule has 0 fully saturated rings. The lowest BCUT2D eigenvalue weighted by molar-refractivity contribution is -0.274. The molecule has 2 aromatic carbocycles. The molecule has 0 aliphatic heterocycles. The van der Waals surface area contributed by atoms with Crippen LogP contribution in [0.4, 0.5) is 13.2 Å². The zero-order valence-corrected chi connectivity index (χ0v) is 15.5. The number of aromatic nitrogens is 1. The van der Waals surface area contributed by atoms with Crippen molar-refractivity contribution in [3.05, 3.63) is 60.4 Å². The number of hydrogen-bond donors (Lipinski definition) is 0. The fourth-order valence-corrected chi connectivity index (χ4v) is 2.55. The van der Waals surface area contributed by atoms with Crippen molar-refractivity contribution in [3.63, 3.8) is 0 Å². The number of carbonyl (C=O) groups excluding carboxylic acids is 1. The minimum Gasteiger partial charge on any atom is -0.461 e. The lowest BCUT2D eigenvalue weighted by atomic mass is 10.1. The highest BCUT2D eigenvalue weighted by atomic mass is 19.4. The first-order valence-corrected chi connectivity index (χ1v) is 8.94. The minimum absolute atomic E-state index is 0.190. The van der Waals surface area contributed by atoms with Gasteiger partial charge in [0.2, 0.25) is 0 Å². The summed E-state index contributed by atoms with van der Waals surface area (Å²) in [6.45, 7) is 2.35. The van der Waals surface area contributed by atoms with Gasteiger partial charge in [-0.3, -0.25) is 0 Å². The summed E-state index contributed by atoms with van der Waals surface area (Å²) in [4.78, 5) is 16.1. The molecule has 0 unspecified atom stereocenters. The van der Waals surface area contributed by atoms with E-state index >= 15 is 0 Å². The number of alkyl halides is 3. The van der Waals surface area contributed by atoms with Gasteiger partial charge >= 0.3 is 12.3 Å². The number of benzene rings is 2. The second-order valence-corrected chi connectivity index (χ2v) is 6.19. The predicted octanol–water partition coefficient (Wildman–Crippen LogP) is 5.88. The number of rotatable bonds is 7. The summed E-state index contributed by atoms with van der Waals surface area (Å²) in [5, 5.41) is 1.46. The molecule has 0 aliphatic carbocycles. The van der Waals surface area contributed by atoms with Crippen LogP contribution in [0.5, 0.6) is 17.2 Å². The van der Waals surface area contributed by atoms with Crippen LogP contribution < -0.4 is 9.47 Å². The van der Waals surface area contributed by atoms with E-state index in [-0.39, 0.29) is 17.2 Å². The van der Waals surface area contributed by atoms with Crippen LogP contribution in [0.15, 0.2) is 54.7 Å². The number of halogens is 3. The van der Waals surface area contributed by atoms with Gasteiger partial charge < -0.3 is 14.2 Å². The Bertz CT molecular complexity index is 1000. The van der Waals surface area contributed by atoms with E-state index in [2.05, 4.69) is 9.72 Å². The third-order valence-electron chi connectivity index (χ3n) is 3.91. The number of esters is 1. The molecule has 0 saturated carbocycles. The third kappa shape index (κ3) is 5.84. The minimum atomic E-state index is -4.78. The van der Waals surface area contributed by atoms with E-state index in [0.29, 0.717) is 17.7 Å². The highest BCUT2D eigenvalue weighted by molar-refractivity contribution is 5.93. The molecule has 0 bridgehead atoms. The number of nitrogens with zero attached hydrogens (tertiary/aromatic N) is 1. The summed E-state index contributed by atoms with van der Waals surface area (Å²) < 4.78 is 51.7. The van der Waals surface area contributed by atoms with E-state index in [4.69, 9.17) is 9.47 Å². The van der Waals surface area contributed by atoms with Crippen molar-refractivity contribution in [2.45, 2.75) is 26.1 Å². The Morgan fingerprint density at radius 1 is 1.00 bits per heavy atom. The number of hydrogen-bond acceptors (Lipinski definition) is 5. The van der Waals surface area contributed by atoms with Crippen LogP contribution in [0.1, 0.15) is 30.3 Å². The second-order valence-electron chi connectivity index (χ2n) is 6.19. The first-order valence-electron chi connectivity index (χ1n) is 8.94. The third-order valence-corrected chi connectivity index (χ3v) is 3.91. The Morgan fingerprint density at radius 2 is 1.76 bits per heavy atom. The number of carbonyl (C=O) groups is 1. The maximum Gasteiger partial charge on any atom is 0.573 e. The average molecular weight is 405 g/mol. The molecule has 29 heavy (non-hydrogen) atoms. The highest BCUT2D eigenvalue weighted by Gasteiger charge is 2.31. The van der Waals surface area contributed by atoms with Gasteiger partial charge in [0.15, 0.2) is 0 Å². The monoisotopic (exact) mass is 405 g/mol. The van der Waals surface area contributed by atoms with Crippen LogP contribution in [-0.4, -0.2) is 23.9 Å². The number of pyridine rings is 1. The molecule has 0 N–H and O–H groups in total. The maximum absolute atomic E-state index is 12.3. The zero-order chi connectivity index (χ0) is 20.9. The maximum atomic E-state index is 12.3. The van der Waals surface area contributed by atoms with Crippen LogP contribution >= 0.6 is 0 Å². The summed E-state index contributed by atoms with van der Waals surface area (Å²) in [6.07, 6.45) is -1.55. The predicted molar refractivity (Wildman–Crippen MR) is 100 cm³/mol. The van der Waals surface area contributed by atoms with Gasteiger partial charge in [-0.15, -0.1) is 13.2 Å². The number of unbranched alkanes of at least 4 members (excludes halogenated alkanes) is 1. The van der Waals surface area contributed by atoms with E-state index in [1.165, 1.54) is 24.4 Å². The number of fused-ring (bicyclic) bond motifs is 1. The molecular weight excluding hydrogens is 387 g/mol. The van der Waals surface area contributed by atoms with Gasteiger partial charge in [0.25, 0.3) is 0 Å². The lowest BCUT2D eigenvalue weighted by Crippen LogP contribution is -2.16. The van der Waals surface area contributed by atoms with E-state index < -0.39 is 12.3 Å². The molecular formula is C21H18F3NO4. The fourth-order valence-electron chi connectivity index (χ4n) is 2.55. The van der Waals surface area contributed by atoms with Crippen molar-refractivity contribution in [3.8, 4) is 17.2 Å². The fraction of sp³-hybridized carbons (Fsp3) is 0.238. The summed E-state index contributed by atoms with van der Waals surface area (Å²) in [7, 11) is 0. The van der Waals surface area contributed by atoms with Crippen LogP contribution in [-0.2, 0) is 4.74 Å². The molecule has 0 spiro atoms. The quantitative estimate of drug-likeness (QED) is 0.363. The van der Waals surface area contributed by atoms with E-state index in [1.807, 2.05) is 6.92 Å². The van der Waals surface area contributed by atoms with Crippen molar-refractivity contribution in [2.24, 2.45) is 0 Å². The molecule has 3 aromatic rings. The molecule has 3 rings (SSSR count). The Labute approximate surface area is 165 Å². The number of ether oxygens (including phenoxy) is 3. The van der Waals surface area contributed by atoms with Crippen LogP contribution in [0, 0.1) is 0 Å². The summed E-state index contributed by atoms with van der Waals surface area (Å²) in [5.41, 5.74) is 0.208. The summed E-state index contributed by atoms with van der Waals surface area (Å²) >= 11 is 0. The van der Waals surface area contributed by atoms with Gasteiger partial charge in [0, 0.05) is 17.6 Å².